The molecular formula is C17H18FN3O4S. The number of sulfonamides is 1. The summed E-state index contributed by atoms with van der Waals surface area (Å²) in [5.74, 6) is -1.61. The van der Waals surface area contributed by atoms with Crippen molar-refractivity contribution in [2.45, 2.75) is 17.7 Å². The number of nitrogens with one attached hydrogen (secondary N) is 1. The molecule has 138 valence electrons. The summed E-state index contributed by atoms with van der Waals surface area (Å²) in [6.45, 7) is 0.228. The SMILES string of the molecule is O=C(Nc1ncccc1O)C1CCN(S(=O)(=O)c2ccccc2F)CC1. The van der Waals surface area contributed by atoms with E-state index in [-0.39, 0.29) is 35.5 Å². The first kappa shape index (κ1) is 18.3. The van der Waals surface area contributed by atoms with Crippen LogP contribution in [-0.4, -0.2) is 41.8 Å². The molecule has 0 aliphatic carbocycles. The van der Waals surface area contributed by atoms with Gasteiger partial charge in [0.2, 0.25) is 15.9 Å². The molecule has 7 nitrogen and oxygen atoms in total. The van der Waals surface area contributed by atoms with Gasteiger partial charge in [0.25, 0.3) is 0 Å². The highest BCUT2D eigenvalue weighted by molar-refractivity contribution is 7.89. The number of amides is 1. The number of nitrogens with zero attached hydrogens (tertiary/aromatic N) is 2. The third-order valence-corrected chi connectivity index (χ3v) is 6.24. The summed E-state index contributed by atoms with van der Waals surface area (Å²) in [6.07, 6.45) is 2.04. The van der Waals surface area contributed by atoms with Gasteiger partial charge in [0.1, 0.15) is 10.7 Å². The Balaban J connectivity index is 1.65. The lowest BCUT2D eigenvalue weighted by atomic mass is 9.97. The molecule has 1 fully saturated rings. The van der Waals surface area contributed by atoms with Crippen molar-refractivity contribution in [3.05, 3.63) is 48.4 Å². The third kappa shape index (κ3) is 3.68. The highest BCUT2D eigenvalue weighted by Crippen LogP contribution is 2.27. The molecule has 1 aliphatic rings. The predicted octanol–water partition coefficient (Wildman–Crippen LogP) is 1.97. The number of carbonyl (C=O) groups excluding carboxylic acids is 1. The van der Waals surface area contributed by atoms with E-state index in [4.69, 9.17) is 0 Å². The first-order valence-electron chi connectivity index (χ1n) is 8.09. The second-order valence-electron chi connectivity index (χ2n) is 5.97. The van der Waals surface area contributed by atoms with Crippen LogP contribution in [0.2, 0.25) is 0 Å². The van der Waals surface area contributed by atoms with E-state index in [0.717, 1.165) is 6.07 Å². The first-order valence-corrected chi connectivity index (χ1v) is 9.53. The smallest absolute Gasteiger partial charge is 0.245 e. The number of halogens is 1. The van der Waals surface area contributed by atoms with Crippen LogP contribution in [0.3, 0.4) is 0 Å². The van der Waals surface area contributed by atoms with Gasteiger partial charge in [0, 0.05) is 25.2 Å². The van der Waals surface area contributed by atoms with Gasteiger partial charge in [-0.2, -0.15) is 4.31 Å². The van der Waals surface area contributed by atoms with Crippen LogP contribution < -0.4 is 5.32 Å². The van der Waals surface area contributed by atoms with Crippen molar-refractivity contribution < 1.29 is 22.7 Å². The average molecular weight is 379 g/mol. The Morgan fingerprint density at radius 3 is 2.54 bits per heavy atom. The van der Waals surface area contributed by atoms with Crippen LogP contribution in [0.4, 0.5) is 10.2 Å². The summed E-state index contributed by atoms with van der Waals surface area (Å²) < 4.78 is 40.1. The Kier molecular flexibility index (Phi) is 5.19. The quantitative estimate of drug-likeness (QED) is 0.846. The van der Waals surface area contributed by atoms with Crippen LogP contribution in [-0.2, 0) is 14.8 Å². The third-order valence-electron chi connectivity index (χ3n) is 4.31. The molecule has 2 aromatic rings. The lowest BCUT2D eigenvalue weighted by Gasteiger charge is -2.30. The normalized spacial score (nSPS) is 16.3. The van der Waals surface area contributed by atoms with Gasteiger partial charge in [-0.25, -0.2) is 17.8 Å². The van der Waals surface area contributed by atoms with Gasteiger partial charge in [-0.05, 0) is 37.1 Å². The molecule has 1 aliphatic heterocycles. The van der Waals surface area contributed by atoms with E-state index in [0.29, 0.717) is 12.8 Å². The van der Waals surface area contributed by atoms with Crippen LogP contribution >= 0.6 is 0 Å². The van der Waals surface area contributed by atoms with Crippen molar-refractivity contribution in [2.24, 2.45) is 5.92 Å². The maximum absolute atomic E-state index is 13.8. The van der Waals surface area contributed by atoms with Crippen molar-refractivity contribution in [3.8, 4) is 5.75 Å². The maximum atomic E-state index is 13.8. The summed E-state index contributed by atoms with van der Waals surface area (Å²) >= 11 is 0. The summed E-state index contributed by atoms with van der Waals surface area (Å²) in [5, 5.41) is 12.2. The number of piperidine rings is 1. The van der Waals surface area contributed by atoms with Crippen molar-refractivity contribution in [1.82, 2.24) is 9.29 Å². The van der Waals surface area contributed by atoms with Gasteiger partial charge in [0.15, 0.2) is 11.6 Å². The van der Waals surface area contributed by atoms with Gasteiger partial charge in [-0.3, -0.25) is 4.79 Å². The van der Waals surface area contributed by atoms with Crippen LogP contribution in [0.15, 0.2) is 47.5 Å². The molecule has 0 radical (unpaired) electrons. The number of pyridine rings is 1. The second kappa shape index (κ2) is 7.38. The van der Waals surface area contributed by atoms with E-state index in [1.54, 1.807) is 0 Å². The molecule has 1 amide bonds. The molecule has 1 aromatic heterocycles. The molecule has 1 aromatic carbocycles. The zero-order valence-corrected chi connectivity index (χ0v) is 14.6. The van der Waals surface area contributed by atoms with Crippen molar-refractivity contribution in [3.63, 3.8) is 0 Å². The molecule has 9 heteroatoms. The zero-order chi connectivity index (χ0) is 18.7. The highest BCUT2D eigenvalue weighted by Gasteiger charge is 2.33. The van der Waals surface area contributed by atoms with Crippen molar-refractivity contribution in [1.29, 1.82) is 0 Å². The van der Waals surface area contributed by atoms with Crippen LogP contribution in [0.25, 0.3) is 0 Å². The van der Waals surface area contributed by atoms with Crippen LogP contribution in [0.1, 0.15) is 12.8 Å². The topological polar surface area (TPSA) is 99.6 Å². The Morgan fingerprint density at radius 1 is 1.19 bits per heavy atom. The highest BCUT2D eigenvalue weighted by atomic mass is 32.2. The van der Waals surface area contributed by atoms with E-state index < -0.39 is 21.8 Å². The fourth-order valence-corrected chi connectivity index (χ4v) is 4.40. The van der Waals surface area contributed by atoms with Crippen LogP contribution in [0, 0.1) is 11.7 Å². The number of carbonyl (C=O) groups is 1. The van der Waals surface area contributed by atoms with Crippen molar-refractivity contribution >= 4 is 21.7 Å². The molecular weight excluding hydrogens is 361 g/mol. The van der Waals surface area contributed by atoms with E-state index in [1.807, 2.05) is 0 Å². The Morgan fingerprint density at radius 2 is 1.88 bits per heavy atom. The lowest BCUT2D eigenvalue weighted by Crippen LogP contribution is -2.41. The maximum Gasteiger partial charge on any atom is 0.245 e. The number of benzene rings is 1. The van der Waals surface area contributed by atoms with Gasteiger partial charge < -0.3 is 10.4 Å². The van der Waals surface area contributed by atoms with E-state index in [1.165, 1.54) is 40.8 Å². The minimum atomic E-state index is -3.93. The van der Waals surface area contributed by atoms with Gasteiger partial charge in [-0.15, -0.1) is 0 Å². The largest absolute Gasteiger partial charge is 0.504 e. The summed E-state index contributed by atoms with van der Waals surface area (Å²) in [6, 6.07) is 8.18. The first-order chi connectivity index (χ1) is 12.4. The number of hydrogen-bond acceptors (Lipinski definition) is 5. The lowest BCUT2D eigenvalue weighted by molar-refractivity contribution is -0.120. The molecule has 0 saturated carbocycles. The van der Waals surface area contributed by atoms with E-state index >= 15 is 0 Å². The minimum absolute atomic E-state index is 0.0684. The Hall–Kier alpha value is -2.52. The Bertz CT molecular complexity index is 912. The Labute approximate surface area is 150 Å². The average Bonchev–Trinajstić information content (AvgIpc) is 2.64. The number of hydrogen-bond donors (Lipinski definition) is 2. The molecule has 2 heterocycles. The van der Waals surface area contributed by atoms with Crippen molar-refractivity contribution in [2.75, 3.05) is 18.4 Å². The zero-order valence-electron chi connectivity index (χ0n) is 13.8. The van der Waals surface area contributed by atoms with Gasteiger partial charge >= 0.3 is 0 Å². The molecule has 0 unspecified atom stereocenters. The van der Waals surface area contributed by atoms with E-state index in [9.17, 15) is 22.7 Å². The predicted molar refractivity (Wildman–Crippen MR) is 92.4 cm³/mol. The molecule has 0 spiro atoms. The summed E-state index contributed by atoms with van der Waals surface area (Å²) in [5.41, 5.74) is 0. The minimum Gasteiger partial charge on any atom is -0.504 e. The van der Waals surface area contributed by atoms with Crippen LogP contribution in [0.5, 0.6) is 5.75 Å². The molecule has 2 N–H and O–H groups in total. The molecule has 1 saturated heterocycles. The summed E-state index contributed by atoms with van der Waals surface area (Å²) in [7, 11) is -3.93. The van der Waals surface area contributed by atoms with E-state index in [2.05, 4.69) is 10.3 Å². The number of rotatable bonds is 4. The molecule has 26 heavy (non-hydrogen) atoms. The molecule has 0 atom stereocenters. The number of aromatic hydroxyl groups is 1. The number of aromatic nitrogens is 1. The molecule has 0 bridgehead atoms. The number of anilines is 1. The standard InChI is InChI=1S/C17H18FN3O4S/c18-13-4-1-2-6-15(13)26(24,25)21-10-7-12(8-11-21)17(23)20-16-14(22)5-3-9-19-16/h1-6,9,12,22H,7-8,10-11H2,(H,19,20,23). The van der Waals surface area contributed by atoms with Gasteiger partial charge in [0.05, 0.1) is 0 Å². The summed E-state index contributed by atoms with van der Waals surface area (Å²) in [4.78, 5) is 15.8. The molecule has 3 rings (SSSR count). The fourth-order valence-electron chi connectivity index (χ4n) is 2.86. The fraction of sp³-hybridized carbons (Fsp3) is 0.294. The van der Waals surface area contributed by atoms with Gasteiger partial charge in [-0.1, -0.05) is 12.1 Å². The monoisotopic (exact) mass is 379 g/mol. The second-order valence-corrected chi connectivity index (χ2v) is 7.88.